The molecule has 4 aromatic rings. The number of aromatic nitrogens is 6. The molecule has 3 aromatic heterocycles. The van der Waals surface area contributed by atoms with E-state index in [-0.39, 0.29) is 23.0 Å². The molecule has 134 valence electrons. The molecule has 0 bridgehead atoms. The second-order valence-corrected chi connectivity index (χ2v) is 5.49. The van der Waals surface area contributed by atoms with Gasteiger partial charge in [-0.15, -0.1) is 0 Å². The van der Waals surface area contributed by atoms with E-state index in [4.69, 9.17) is 5.73 Å². The van der Waals surface area contributed by atoms with Crippen molar-refractivity contribution in [1.29, 1.82) is 0 Å². The van der Waals surface area contributed by atoms with E-state index in [0.29, 0.717) is 11.3 Å². The van der Waals surface area contributed by atoms with Crippen LogP contribution in [0.25, 0.3) is 28.5 Å². The lowest BCUT2D eigenvalue weighted by atomic mass is 10.2. The SMILES string of the molecule is Nc1ncc(-c2ccncc2)nc1-c1n[nH]c(=O)n1-c1cccc(F)c1F. The molecule has 4 rings (SSSR count). The summed E-state index contributed by atoms with van der Waals surface area (Å²) in [6.07, 6.45) is 4.62. The van der Waals surface area contributed by atoms with Gasteiger partial charge in [-0.05, 0) is 24.3 Å². The van der Waals surface area contributed by atoms with E-state index < -0.39 is 17.3 Å². The van der Waals surface area contributed by atoms with Crippen LogP contribution in [0.4, 0.5) is 14.6 Å². The van der Waals surface area contributed by atoms with Crippen molar-refractivity contribution in [2.24, 2.45) is 0 Å². The lowest BCUT2D eigenvalue weighted by molar-refractivity contribution is 0.504. The first-order chi connectivity index (χ1) is 13.1. The molecule has 0 spiro atoms. The number of aromatic amines is 1. The standard InChI is InChI=1S/C17H11F2N7O/c18-10-2-1-3-12(13(10)19)26-16(24-25-17(26)27)14-15(20)22-8-11(23-14)9-4-6-21-7-5-9/h1-8H,(H2,20,22)(H,25,27). The van der Waals surface area contributed by atoms with Crippen LogP contribution in [0.15, 0.2) is 53.7 Å². The number of hydrogen-bond donors (Lipinski definition) is 2. The molecule has 0 unspecified atom stereocenters. The van der Waals surface area contributed by atoms with Crippen LogP contribution in [0, 0.1) is 11.6 Å². The average molecular weight is 367 g/mol. The van der Waals surface area contributed by atoms with Crippen molar-refractivity contribution in [2.45, 2.75) is 0 Å². The number of pyridine rings is 1. The fourth-order valence-electron chi connectivity index (χ4n) is 2.57. The van der Waals surface area contributed by atoms with Gasteiger partial charge in [0, 0.05) is 18.0 Å². The quantitative estimate of drug-likeness (QED) is 0.572. The lowest BCUT2D eigenvalue weighted by Gasteiger charge is -2.09. The number of anilines is 1. The van der Waals surface area contributed by atoms with E-state index in [1.54, 1.807) is 24.5 Å². The van der Waals surface area contributed by atoms with E-state index in [1.165, 1.54) is 18.3 Å². The molecule has 3 heterocycles. The third-order valence-corrected chi connectivity index (χ3v) is 3.83. The molecule has 0 atom stereocenters. The number of halogens is 2. The summed E-state index contributed by atoms with van der Waals surface area (Å²) in [6.45, 7) is 0. The lowest BCUT2D eigenvalue weighted by Crippen LogP contribution is -2.18. The summed E-state index contributed by atoms with van der Waals surface area (Å²) in [5, 5.41) is 6.07. The van der Waals surface area contributed by atoms with Crippen LogP contribution in [0.1, 0.15) is 0 Å². The Morgan fingerprint density at radius 1 is 1.11 bits per heavy atom. The summed E-state index contributed by atoms with van der Waals surface area (Å²) in [5.74, 6) is -2.41. The van der Waals surface area contributed by atoms with E-state index in [2.05, 4.69) is 25.1 Å². The molecule has 27 heavy (non-hydrogen) atoms. The first-order valence-electron chi connectivity index (χ1n) is 7.71. The molecule has 0 saturated heterocycles. The smallest absolute Gasteiger partial charge is 0.348 e. The Labute approximate surface area is 150 Å². The minimum atomic E-state index is -1.20. The summed E-state index contributed by atoms with van der Waals surface area (Å²) in [7, 11) is 0. The Bertz CT molecular complexity index is 1190. The summed E-state index contributed by atoms with van der Waals surface area (Å²) in [6, 6.07) is 6.90. The van der Waals surface area contributed by atoms with E-state index >= 15 is 0 Å². The van der Waals surface area contributed by atoms with E-state index in [0.717, 1.165) is 10.6 Å². The van der Waals surface area contributed by atoms with E-state index in [1.807, 2.05) is 0 Å². The number of rotatable bonds is 3. The van der Waals surface area contributed by atoms with Crippen molar-refractivity contribution in [3.63, 3.8) is 0 Å². The number of H-pyrrole nitrogens is 1. The molecule has 0 aliphatic rings. The average Bonchev–Trinajstić information content (AvgIpc) is 3.06. The number of nitrogen functional groups attached to an aromatic ring is 1. The van der Waals surface area contributed by atoms with Gasteiger partial charge in [0.2, 0.25) is 0 Å². The van der Waals surface area contributed by atoms with Gasteiger partial charge in [-0.2, -0.15) is 5.10 Å². The fourth-order valence-corrected chi connectivity index (χ4v) is 2.57. The molecule has 0 aliphatic carbocycles. The molecule has 0 fully saturated rings. The molecular formula is C17H11F2N7O. The first kappa shape index (κ1) is 16.5. The highest BCUT2D eigenvalue weighted by Crippen LogP contribution is 2.26. The number of nitrogens with one attached hydrogen (secondary N) is 1. The van der Waals surface area contributed by atoms with Gasteiger partial charge in [-0.25, -0.2) is 33.2 Å². The van der Waals surface area contributed by atoms with Crippen molar-refractivity contribution in [3.05, 3.63) is 71.0 Å². The van der Waals surface area contributed by atoms with Crippen LogP contribution >= 0.6 is 0 Å². The van der Waals surface area contributed by atoms with Crippen LogP contribution in [0.2, 0.25) is 0 Å². The van der Waals surface area contributed by atoms with Crippen LogP contribution in [0.3, 0.4) is 0 Å². The highest BCUT2D eigenvalue weighted by atomic mass is 19.2. The maximum absolute atomic E-state index is 14.2. The van der Waals surface area contributed by atoms with Gasteiger partial charge in [0.1, 0.15) is 0 Å². The van der Waals surface area contributed by atoms with Crippen LogP contribution in [0.5, 0.6) is 0 Å². The second-order valence-electron chi connectivity index (χ2n) is 5.49. The van der Waals surface area contributed by atoms with Crippen molar-refractivity contribution >= 4 is 5.82 Å². The van der Waals surface area contributed by atoms with Gasteiger partial charge < -0.3 is 5.73 Å². The van der Waals surface area contributed by atoms with Crippen LogP contribution in [-0.4, -0.2) is 29.7 Å². The van der Waals surface area contributed by atoms with Gasteiger partial charge in [0.25, 0.3) is 0 Å². The molecule has 0 saturated carbocycles. The second kappa shape index (κ2) is 6.41. The van der Waals surface area contributed by atoms with Crippen LogP contribution < -0.4 is 11.4 Å². The molecule has 0 aliphatic heterocycles. The summed E-state index contributed by atoms with van der Waals surface area (Å²) in [5.41, 5.74) is 6.01. The normalized spacial score (nSPS) is 10.9. The zero-order valence-corrected chi connectivity index (χ0v) is 13.6. The minimum Gasteiger partial charge on any atom is -0.382 e. The maximum Gasteiger partial charge on any atom is 0.348 e. The summed E-state index contributed by atoms with van der Waals surface area (Å²) >= 11 is 0. The van der Waals surface area contributed by atoms with Gasteiger partial charge in [0.05, 0.1) is 17.6 Å². The number of nitrogens with zero attached hydrogens (tertiary/aromatic N) is 5. The molecular weight excluding hydrogens is 356 g/mol. The largest absolute Gasteiger partial charge is 0.382 e. The molecule has 1 aromatic carbocycles. The molecule has 0 amide bonds. The van der Waals surface area contributed by atoms with Crippen molar-refractivity contribution < 1.29 is 8.78 Å². The van der Waals surface area contributed by atoms with Gasteiger partial charge in [0.15, 0.2) is 29.0 Å². The Kier molecular flexibility index (Phi) is 3.92. The number of nitrogens with two attached hydrogens (primary N) is 1. The van der Waals surface area contributed by atoms with Gasteiger partial charge in [-0.1, -0.05) is 6.07 Å². The highest BCUT2D eigenvalue weighted by Gasteiger charge is 2.21. The van der Waals surface area contributed by atoms with Crippen molar-refractivity contribution in [1.82, 2.24) is 29.7 Å². The number of benzene rings is 1. The Balaban J connectivity index is 1.94. The Hall–Kier alpha value is -3.95. The third kappa shape index (κ3) is 2.82. The molecule has 0 radical (unpaired) electrons. The summed E-state index contributed by atoms with van der Waals surface area (Å²) < 4.78 is 28.7. The predicted octanol–water partition coefficient (Wildman–Crippen LogP) is 1.94. The molecule has 10 heteroatoms. The summed E-state index contributed by atoms with van der Waals surface area (Å²) in [4.78, 5) is 24.6. The zero-order chi connectivity index (χ0) is 19.0. The molecule has 8 nitrogen and oxygen atoms in total. The third-order valence-electron chi connectivity index (χ3n) is 3.83. The predicted molar refractivity (Wildman–Crippen MR) is 92.8 cm³/mol. The minimum absolute atomic E-state index is 0.0233. The first-order valence-corrected chi connectivity index (χ1v) is 7.71. The highest BCUT2D eigenvalue weighted by molar-refractivity contribution is 5.69. The Morgan fingerprint density at radius 2 is 1.89 bits per heavy atom. The topological polar surface area (TPSA) is 115 Å². The van der Waals surface area contributed by atoms with E-state index in [9.17, 15) is 13.6 Å². The Morgan fingerprint density at radius 3 is 2.67 bits per heavy atom. The van der Waals surface area contributed by atoms with Gasteiger partial charge >= 0.3 is 5.69 Å². The van der Waals surface area contributed by atoms with Crippen LogP contribution in [-0.2, 0) is 0 Å². The van der Waals surface area contributed by atoms with Crippen molar-refractivity contribution in [2.75, 3.05) is 5.73 Å². The van der Waals surface area contributed by atoms with Crippen molar-refractivity contribution in [3.8, 4) is 28.5 Å². The monoisotopic (exact) mass is 367 g/mol. The maximum atomic E-state index is 14.2. The van der Waals surface area contributed by atoms with Gasteiger partial charge in [-0.3, -0.25) is 4.98 Å². The molecule has 3 N–H and O–H groups in total. The number of hydrogen-bond acceptors (Lipinski definition) is 6. The fraction of sp³-hybridized carbons (Fsp3) is 0. The zero-order valence-electron chi connectivity index (χ0n) is 13.6.